The summed E-state index contributed by atoms with van der Waals surface area (Å²) in [4.78, 5) is 52.3. The minimum absolute atomic E-state index is 0.0375. The summed E-state index contributed by atoms with van der Waals surface area (Å²) < 4.78 is 13.1. The number of hydrogen-bond donors (Lipinski definition) is 2. The molecular formula is C29H38N4O6. The fourth-order valence-electron chi connectivity index (χ4n) is 4.09. The molecular weight excluding hydrogens is 500 g/mol. The molecule has 0 bridgehead atoms. The van der Waals surface area contributed by atoms with E-state index in [1.165, 1.54) is 30.9 Å². The lowest BCUT2D eigenvalue weighted by Gasteiger charge is -2.17. The molecule has 1 unspecified atom stereocenters. The second kappa shape index (κ2) is 13.1. The van der Waals surface area contributed by atoms with Gasteiger partial charge in [-0.15, -0.1) is 0 Å². The molecule has 0 fully saturated rings. The molecule has 2 amide bonds. The number of nitrogens with zero attached hydrogens (tertiary/aromatic N) is 2. The van der Waals surface area contributed by atoms with Crippen LogP contribution in [0, 0.1) is 5.92 Å². The van der Waals surface area contributed by atoms with Crippen LogP contribution in [0.1, 0.15) is 56.5 Å². The van der Waals surface area contributed by atoms with Gasteiger partial charge in [-0.25, -0.2) is 4.79 Å². The zero-order chi connectivity index (χ0) is 28.7. The highest BCUT2D eigenvalue weighted by atomic mass is 16.5. The fourth-order valence-corrected chi connectivity index (χ4v) is 4.09. The first-order valence-electron chi connectivity index (χ1n) is 13.1. The van der Waals surface area contributed by atoms with Crippen molar-refractivity contribution >= 4 is 22.7 Å². The number of methoxy groups -OCH3 is 2. The molecule has 210 valence electrons. The number of nitrogens with one attached hydrogen (secondary N) is 2. The summed E-state index contributed by atoms with van der Waals surface area (Å²) in [5.41, 5.74) is 0.262. The van der Waals surface area contributed by atoms with Crippen LogP contribution in [0.5, 0.6) is 11.5 Å². The first kappa shape index (κ1) is 29.5. The van der Waals surface area contributed by atoms with Crippen molar-refractivity contribution in [2.24, 2.45) is 5.92 Å². The van der Waals surface area contributed by atoms with Crippen molar-refractivity contribution < 1.29 is 19.1 Å². The van der Waals surface area contributed by atoms with Crippen LogP contribution >= 0.6 is 0 Å². The van der Waals surface area contributed by atoms with Crippen LogP contribution in [0.2, 0.25) is 0 Å². The van der Waals surface area contributed by atoms with Gasteiger partial charge in [-0.05, 0) is 49.4 Å². The maximum Gasteiger partial charge on any atom is 0.332 e. The molecule has 2 N–H and O–H groups in total. The number of hydrogen-bond acceptors (Lipinski definition) is 6. The third-order valence-electron chi connectivity index (χ3n) is 6.62. The van der Waals surface area contributed by atoms with Crippen molar-refractivity contribution in [2.75, 3.05) is 20.8 Å². The van der Waals surface area contributed by atoms with E-state index in [-0.39, 0.29) is 41.8 Å². The lowest BCUT2D eigenvalue weighted by atomic mass is 10.1. The van der Waals surface area contributed by atoms with Gasteiger partial charge < -0.3 is 20.1 Å². The van der Waals surface area contributed by atoms with Crippen LogP contribution in [-0.4, -0.2) is 47.8 Å². The van der Waals surface area contributed by atoms with Crippen molar-refractivity contribution in [2.45, 2.75) is 59.7 Å². The SMILES string of the molecule is CCC(C)NC(=O)c1ccc(Cn2c(=O)c3cc(OC)c(OC)cc3n(CC(=O)NCCC(C)C)c2=O)cc1. The Morgan fingerprint density at radius 1 is 0.949 bits per heavy atom. The molecule has 39 heavy (non-hydrogen) atoms. The first-order chi connectivity index (χ1) is 18.6. The normalized spacial score (nSPS) is 11.9. The Kier molecular flexibility index (Phi) is 9.92. The van der Waals surface area contributed by atoms with E-state index < -0.39 is 11.2 Å². The first-order valence-corrected chi connectivity index (χ1v) is 13.1. The quantitative estimate of drug-likeness (QED) is 0.366. The summed E-state index contributed by atoms with van der Waals surface area (Å²) in [6.07, 6.45) is 1.62. The topological polar surface area (TPSA) is 121 Å². The van der Waals surface area contributed by atoms with Crippen LogP contribution in [-0.2, 0) is 17.9 Å². The van der Waals surface area contributed by atoms with Gasteiger partial charge in [-0.3, -0.25) is 23.5 Å². The molecule has 1 atom stereocenters. The number of fused-ring (bicyclic) bond motifs is 1. The molecule has 3 rings (SSSR count). The van der Waals surface area contributed by atoms with Crippen molar-refractivity contribution in [3.63, 3.8) is 0 Å². The molecule has 10 heteroatoms. The zero-order valence-electron chi connectivity index (χ0n) is 23.5. The van der Waals surface area contributed by atoms with E-state index in [9.17, 15) is 19.2 Å². The monoisotopic (exact) mass is 538 g/mol. The molecule has 0 radical (unpaired) electrons. The summed E-state index contributed by atoms with van der Waals surface area (Å²) in [6.45, 7) is 8.22. The maximum atomic E-state index is 13.6. The van der Waals surface area contributed by atoms with Crippen LogP contribution in [0.4, 0.5) is 0 Å². The molecule has 0 aliphatic rings. The number of amides is 2. The number of carbonyl (C=O) groups excluding carboxylic acids is 2. The highest BCUT2D eigenvalue weighted by Gasteiger charge is 2.19. The van der Waals surface area contributed by atoms with Crippen LogP contribution < -0.4 is 31.4 Å². The van der Waals surface area contributed by atoms with Gasteiger partial charge in [-0.1, -0.05) is 32.9 Å². The average Bonchev–Trinajstić information content (AvgIpc) is 2.92. The Labute approximate surface area is 227 Å². The Balaban J connectivity index is 2.04. The summed E-state index contributed by atoms with van der Waals surface area (Å²) in [7, 11) is 2.91. The number of rotatable bonds is 12. The van der Waals surface area contributed by atoms with Crippen LogP contribution in [0.3, 0.4) is 0 Å². The zero-order valence-corrected chi connectivity index (χ0v) is 23.5. The van der Waals surface area contributed by atoms with Crippen molar-refractivity contribution in [3.05, 3.63) is 68.4 Å². The minimum atomic E-state index is -0.627. The largest absolute Gasteiger partial charge is 0.493 e. The van der Waals surface area contributed by atoms with Gasteiger partial charge in [0.15, 0.2) is 11.5 Å². The van der Waals surface area contributed by atoms with Gasteiger partial charge >= 0.3 is 5.69 Å². The van der Waals surface area contributed by atoms with Crippen molar-refractivity contribution in [1.29, 1.82) is 0 Å². The van der Waals surface area contributed by atoms with Crippen molar-refractivity contribution in [1.82, 2.24) is 19.8 Å². The molecule has 1 aromatic heterocycles. The molecule has 0 saturated heterocycles. The van der Waals surface area contributed by atoms with E-state index in [0.717, 1.165) is 17.4 Å². The molecule has 0 aliphatic carbocycles. The average molecular weight is 539 g/mol. The summed E-state index contributed by atoms with van der Waals surface area (Å²) in [5.74, 6) is 0.556. The molecule has 3 aromatic rings. The minimum Gasteiger partial charge on any atom is -0.493 e. The third kappa shape index (κ3) is 7.07. The van der Waals surface area contributed by atoms with E-state index in [0.29, 0.717) is 35.1 Å². The predicted molar refractivity (Wildman–Crippen MR) is 151 cm³/mol. The predicted octanol–water partition coefficient (Wildman–Crippen LogP) is 2.92. The molecule has 1 heterocycles. The maximum absolute atomic E-state index is 13.6. The van der Waals surface area contributed by atoms with Gasteiger partial charge in [0.05, 0.1) is 31.7 Å². The fraction of sp³-hybridized carbons (Fsp3) is 0.448. The van der Waals surface area contributed by atoms with Gasteiger partial charge in [0.1, 0.15) is 6.54 Å². The van der Waals surface area contributed by atoms with Crippen molar-refractivity contribution in [3.8, 4) is 11.5 Å². The lowest BCUT2D eigenvalue weighted by molar-refractivity contribution is -0.121. The number of ether oxygens (including phenoxy) is 2. The third-order valence-corrected chi connectivity index (χ3v) is 6.62. The van der Waals surface area contributed by atoms with E-state index in [2.05, 4.69) is 24.5 Å². The summed E-state index contributed by atoms with van der Waals surface area (Å²) >= 11 is 0. The van der Waals surface area contributed by atoms with E-state index in [1.807, 2.05) is 13.8 Å². The van der Waals surface area contributed by atoms with E-state index in [4.69, 9.17) is 9.47 Å². The molecule has 0 aliphatic heterocycles. The second-order valence-electron chi connectivity index (χ2n) is 10.00. The number of benzene rings is 2. The van der Waals surface area contributed by atoms with Crippen LogP contribution in [0.25, 0.3) is 10.9 Å². The van der Waals surface area contributed by atoms with Gasteiger partial charge in [0.25, 0.3) is 11.5 Å². The Morgan fingerprint density at radius 2 is 1.59 bits per heavy atom. The lowest BCUT2D eigenvalue weighted by Crippen LogP contribution is -2.43. The van der Waals surface area contributed by atoms with Crippen LogP contribution in [0.15, 0.2) is 46.0 Å². The smallest absolute Gasteiger partial charge is 0.332 e. The number of aromatic nitrogens is 2. The van der Waals surface area contributed by atoms with Gasteiger partial charge in [-0.2, -0.15) is 0 Å². The Hall–Kier alpha value is -4.08. The highest BCUT2D eigenvalue weighted by Crippen LogP contribution is 2.30. The molecule has 0 saturated carbocycles. The summed E-state index contributed by atoms with van der Waals surface area (Å²) in [6, 6.07) is 9.83. The summed E-state index contributed by atoms with van der Waals surface area (Å²) in [5, 5.41) is 5.97. The Morgan fingerprint density at radius 3 is 2.18 bits per heavy atom. The molecule has 2 aromatic carbocycles. The number of carbonyl (C=O) groups is 2. The van der Waals surface area contributed by atoms with E-state index in [1.54, 1.807) is 24.3 Å². The highest BCUT2D eigenvalue weighted by molar-refractivity contribution is 5.94. The van der Waals surface area contributed by atoms with E-state index >= 15 is 0 Å². The second-order valence-corrected chi connectivity index (χ2v) is 10.00. The molecule has 0 spiro atoms. The standard InChI is InChI=1S/C29H38N4O6/c1-7-19(4)31-27(35)21-10-8-20(9-11-21)16-33-28(36)22-14-24(38-5)25(39-6)15-23(22)32(29(33)37)17-26(34)30-13-12-18(2)3/h8-11,14-15,18-19H,7,12-13,16-17H2,1-6H3,(H,30,34)(H,31,35). The van der Waals surface area contributed by atoms with Gasteiger partial charge in [0, 0.05) is 24.2 Å². The van der Waals surface area contributed by atoms with Gasteiger partial charge in [0.2, 0.25) is 5.91 Å². The Bertz CT molecular complexity index is 1440. The molecule has 10 nitrogen and oxygen atoms in total.